The molecule has 3 N–H and O–H groups in total. The summed E-state index contributed by atoms with van der Waals surface area (Å²) >= 11 is 6.00. The van der Waals surface area contributed by atoms with Crippen molar-refractivity contribution in [1.82, 2.24) is 35.0 Å². The Balaban J connectivity index is 1.32. The van der Waals surface area contributed by atoms with Gasteiger partial charge < -0.3 is 14.9 Å². The zero-order valence-electron chi connectivity index (χ0n) is 14.3. The van der Waals surface area contributed by atoms with Gasteiger partial charge in [0.1, 0.15) is 11.6 Å². The Morgan fingerprint density at radius 3 is 3.04 bits per heavy atom. The maximum absolute atomic E-state index is 12.7. The number of H-pyrrole nitrogens is 3. The van der Waals surface area contributed by atoms with Crippen molar-refractivity contribution in [3.8, 4) is 11.4 Å². The summed E-state index contributed by atoms with van der Waals surface area (Å²) in [6, 6.07) is 5.45. The van der Waals surface area contributed by atoms with Crippen LogP contribution in [-0.4, -0.2) is 47.5 Å². The average molecular weight is 382 g/mol. The van der Waals surface area contributed by atoms with Crippen LogP contribution in [0.3, 0.4) is 0 Å². The molecule has 5 rings (SSSR count). The van der Waals surface area contributed by atoms with E-state index < -0.39 is 0 Å². The van der Waals surface area contributed by atoms with Crippen LogP contribution < -0.4 is 0 Å². The van der Waals surface area contributed by atoms with E-state index in [0.717, 1.165) is 40.2 Å². The fourth-order valence-corrected chi connectivity index (χ4v) is 3.57. The summed E-state index contributed by atoms with van der Waals surface area (Å²) in [6.45, 7) is 1.17. The molecule has 0 saturated heterocycles. The molecule has 0 saturated carbocycles. The molecule has 1 aromatic carbocycles. The predicted octanol–water partition coefficient (Wildman–Crippen LogP) is 2.46. The molecule has 0 unspecified atom stereocenters. The van der Waals surface area contributed by atoms with Crippen LogP contribution in [-0.2, 0) is 24.2 Å². The van der Waals surface area contributed by atoms with Gasteiger partial charge in [0.05, 0.1) is 47.1 Å². The first-order chi connectivity index (χ1) is 13.2. The summed E-state index contributed by atoms with van der Waals surface area (Å²) in [6.07, 6.45) is 4.47. The number of carbonyl (C=O) groups excluding carboxylic acids is 1. The van der Waals surface area contributed by atoms with Crippen LogP contribution in [0.1, 0.15) is 17.2 Å². The van der Waals surface area contributed by atoms with Crippen molar-refractivity contribution in [3.05, 3.63) is 52.8 Å². The van der Waals surface area contributed by atoms with Crippen LogP contribution in [0.5, 0.6) is 0 Å². The molecule has 8 nitrogen and oxygen atoms in total. The van der Waals surface area contributed by atoms with E-state index >= 15 is 0 Å². The summed E-state index contributed by atoms with van der Waals surface area (Å²) in [5, 5.41) is 7.37. The van der Waals surface area contributed by atoms with Crippen LogP contribution in [0.2, 0.25) is 5.02 Å². The SMILES string of the molecule is O=C(Cc1nc2ccc(Cl)cc2[nH]1)N1CCc2nc(-c3cn[nH]c3)[nH]c2C1. The second-order valence-corrected chi connectivity index (χ2v) is 7.02. The highest BCUT2D eigenvalue weighted by Crippen LogP contribution is 2.23. The number of imidazole rings is 2. The third-order valence-electron chi connectivity index (χ3n) is 4.77. The van der Waals surface area contributed by atoms with Gasteiger partial charge in [0.2, 0.25) is 5.91 Å². The quantitative estimate of drug-likeness (QED) is 0.506. The smallest absolute Gasteiger partial charge is 0.230 e. The molecular formula is C18H16ClN7O. The van der Waals surface area contributed by atoms with Gasteiger partial charge in [-0.2, -0.15) is 5.10 Å². The molecule has 1 aliphatic heterocycles. The van der Waals surface area contributed by atoms with Crippen LogP contribution >= 0.6 is 11.6 Å². The molecule has 27 heavy (non-hydrogen) atoms. The van der Waals surface area contributed by atoms with Gasteiger partial charge in [-0.25, -0.2) is 9.97 Å². The van der Waals surface area contributed by atoms with Gasteiger partial charge in [0.15, 0.2) is 0 Å². The standard InChI is InChI=1S/C18H16ClN7O/c19-11-1-2-12-14(5-11)23-16(22-12)6-17(27)26-4-3-13-15(9-26)25-18(24-13)10-7-20-21-8-10/h1-2,5,7-8H,3-4,6,9H2,(H,20,21)(H,22,23)(H,24,25). The Morgan fingerprint density at radius 2 is 2.19 bits per heavy atom. The molecule has 1 aliphatic rings. The van der Waals surface area contributed by atoms with Crippen molar-refractivity contribution in [2.24, 2.45) is 0 Å². The van der Waals surface area contributed by atoms with Crippen molar-refractivity contribution >= 4 is 28.5 Å². The number of benzene rings is 1. The van der Waals surface area contributed by atoms with Crippen molar-refractivity contribution in [2.45, 2.75) is 19.4 Å². The number of nitrogens with one attached hydrogen (secondary N) is 3. The van der Waals surface area contributed by atoms with E-state index in [2.05, 4.69) is 30.1 Å². The van der Waals surface area contributed by atoms with Gasteiger partial charge >= 0.3 is 0 Å². The monoisotopic (exact) mass is 381 g/mol. The number of carbonyl (C=O) groups is 1. The molecule has 0 atom stereocenters. The average Bonchev–Trinajstić information content (AvgIpc) is 3.39. The lowest BCUT2D eigenvalue weighted by Crippen LogP contribution is -2.37. The molecule has 1 amide bonds. The van der Waals surface area contributed by atoms with E-state index in [-0.39, 0.29) is 12.3 Å². The number of aromatic nitrogens is 6. The molecule has 4 heterocycles. The minimum absolute atomic E-state index is 0.0327. The molecule has 0 spiro atoms. The first kappa shape index (κ1) is 16.1. The number of aromatic amines is 3. The van der Waals surface area contributed by atoms with Gasteiger partial charge in [-0.1, -0.05) is 11.6 Å². The van der Waals surface area contributed by atoms with Gasteiger partial charge in [-0.3, -0.25) is 9.89 Å². The summed E-state index contributed by atoms with van der Waals surface area (Å²) in [7, 11) is 0. The lowest BCUT2D eigenvalue weighted by Gasteiger charge is -2.25. The third kappa shape index (κ3) is 2.97. The van der Waals surface area contributed by atoms with Crippen LogP contribution in [0.15, 0.2) is 30.6 Å². The maximum atomic E-state index is 12.7. The highest BCUT2D eigenvalue weighted by Gasteiger charge is 2.25. The number of fused-ring (bicyclic) bond motifs is 2. The zero-order valence-corrected chi connectivity index (χ0v) is 15.0. The molecule has 0 aliphatic carbocycles. The Bertz CT molecular complexity index is 1130. The molecule has 136 valence electrons. The van der Waals surface area contributed by atoms with E-state index in [1.165, 1.54) is 0 Å². The second-order valence-electron chi connectivity index (χ2n) is 6.58. The normalized spacial score (nSPS) is 13.9. The molecule has 4 aromatic rings. The second kappa shape index (κ2) is 6.24. The van der Waals surface area contributed by atoms with Crippen molar-refractivity contribution in [3.63, 3.8) is 0 Å². The van der Waals surface area contributed by atoms with E-state index in [9.17, 15) is 4.79 Å². The van der Waals surface area contributed by atoms with Crippen molar-refractivity contribution in [1.29, 1.82) is 0 Å². The van der Waals surface area contributed by atoms with Crippen LogP contribution in [0.25, 0.3) is 22.4 Å². The van der Waals surface area contributed by atoms with Crippen LogP contribution in [0.4, 0.5) is 0 Å². The lowest BCUT2D eigenvalue weighted by atomic mass is 10.1. The predicted molar refractivity (Wildman–Crippen MR) is 100 cm³/mol. The first-order valence-corrected chi connectivity index (χ1v) is 9.02. The van der Waals surface area contributed by atoms with Gasteiger partial charge in [0, 0.05) is 24.2 Å². The highest BCUT2D eigenvalue weighted by atomic mass is 35.5. The first-order valence-electron chi connectivity index (χ1n) is 8.64. The van der Waals surface area contributed by atoms with E-state index in [0.29, 0.717) is 23.9 Å². The van der Waals surface area contributed by atoms with Crippen molar-refractivity contribution in [2.75, 3.05) is 6.54 Å². The minimum Gasteiger partial charge on any atom is -0.342 e. The van der Waals surface area contributed by atoms with E-state index in [4.69, 9.17) is 11.6 Å². The topological polar surface area (TPSA) is 106 Å². The fraction of sp³-hybridized carbons (Fsp3) is 0.222. The number of hydrogen-bond donors (Lipinski definition) is 3. The van der Waals surface area contributed by atoms with E-state index in [1.54, 1.807) is 18.5 Å². The fourth-order valence-electron chi connectivity index (χ4n) is 3.40. The van der Waals surface area contributed by atoms with Crippen LogP contribution in [0, 0.1) is 0 Å². The highest BCUT2D eigenvalue weighted by molar-refractivity contribution is 6.31. The number of halogens is 1. The maximum Gasteiger partial charge on any atom is 0.230 e. The van der Waals surface area contributed by atoms with Crippen molar-refractivity contribution < 1.29 is 4.79 Å². The Labute approximate surface area is 159 Å². The third-order valence-corrected chi connectivity index (χ3v) is 5.00. The molecule has 0 fully saturated rings. The number of rotatable bonds is 3. The largest absolute Gasteiger partial charge is 0.342 e. The number of amides is 1. The summed E-state index contributed by atoms with van der Waals surface area (Å²) < 4.78 is 0. The lowest BCUT2D eigenvalue weighted by molar-refractivity contribution is -0.131. The van der Waals surface area contributed by atoms with Gasteiger partial charge in [0.25, 0.3) is 0 Å². The summed E-state index contributed by atoms with van der Waals surface area (Å²) in [4.78, 5) is 30.2. The number of nitrogens with zero attached hydrogens (tertiary/aromatic N) is 4. The molecule has 0 radical (unpaired) electrons. The minimum atomic E-state index is 0.0327. The summed E-state index contributed by atoms with van der Waals surface area (Å²) in [5.74, 6) is 1.45. The molecular weight excluding hydrogens is 366 g/mol. The summed E-state index contributed by atoms with van der Waals surface area (Å²) in [5.41, 5.74) is 4.53. The van der Waals surface area contributed by atoms with Gasteiger partial charge in [-0.15, -0.1) is 0 Å². The zero-order chi connectivity index (χ0) is 18.4. The molecule has 9 heteroatoms. The van der Waals surface area contributed by atoms with E-state index in [1.807, 2.05) is 17.0 Å². The molecule has 3 aromatic heterocycles. The Kier molecular flexibility index (Phi) is 3.71. The number of hydrogen-bond acceptors (Lipinski definition) is 4. The molecule has 0 bridgehead atoms. The Morgan fingerprint density at radius 1 is 1.26 bits per heavy atom. The van der Waals surface area contributed by atoms with Gasteiger partial charge in [-0.05, 0) is 18.2 Å². The Hall–Kier alpha value is -3.13.